The van der Waals surface area contributed by atoms with Crippen LogP contribution in [-0.4, -0.2) is 11.9 Å². The number of hydrogen-bond acceptors (Lipinski definition) is 0. The highest BCUT2D eigenvalue weighted by atomic mass is 79.9. The van der Waals surface area contributed by atoms with Crippen LogP contribution in [0.25, 0.3) is 0 Å². The molecule has 0 heterocycles. The van der Waals surface area contributed by atoms with Crippen LogP contribution in [-0.2, 0) is 0 Å². The molecular weight excluding hydrogens is 282 g/mol. The highest BCUT2D eigenvalue weighted by Gasteiger charge is 2.10. The van der Waals surface area contributed by atoms with Crippen LogP contribution in [0.3, 0.4) is 0 Å². The maximum atomic E-state index is 5.67. The van der Waals surface area contributed by atoms with Crippen LogP contribution in [0.15, 0.2) is 22.7 Å². The van der Waals surface area contributed by atoms with E-state index in [2.05, 4.69) is 45.8 Å². The van der Waals surface area contributed by atoms with Crippen molar-refractivity contribution in [3.63, 3.8) is 0 Å². The van der Waals surface area contributed by atoms with Gasteiger partial charge in [0.05, 0.1) is 4.47 Å². The van der Waals surface area contributed by atoms with E-state index < -0.39 is 0 Å². The molecule has 0 saturated carbocycles. The van der Waals surface area contributed by atoms with Crippen LogP contribution in [0.1, 0.15) is 25.3 Å². The molecule has 0 bridgehead atoms. The summed E-state index contributed by atoms with van der Waals surface area (Å²) in [4.78, 5) is 5.55. The van der Waals surface area contributed by atoms with Crippen LogP contribution in [0.5, 0.6) is 0 Å². The maximum absolute atomic E-state index is 5.67. The Hall–Kier alpha value is -1.56. The first kappa shape index (κ1) is 13.5. The van der Waals surface area contributed by atoms with Gasteiger partial charge in [0, 0.05) is 0 Å². The molecule has 1 aromatic carbocycles. The fraction of sp³-hybridized carbons (Fsp3) is 0.273. The molecule has 0 radical (unpaired) electrons. The lowest BCUT2D eigenvalue weighted by Crippen LogP contribution is -2.96. The summed E-state index contributed by atoms with van der Waals surface area (Å²) in [5.41, 5.74) is 18.3. The van der Waals surface area contributed by atoms with Crippen LogP contribution in [0.2, 0.25) is 0 Å². The van der Waals surface area contributed by atoms with Gasteiger partial charge in [-0.05, 0) is 39.5 Å². The molecule has 0 saturated heterocycles. The first-order valence-electron chi connectivity index (χ1n) is 5.24. The van der Waals surface area contributed by atoms with Crippen LogP contribution in [0.4, 0.5) is 5.69 Å². The van der Waals surface area contributed by atoms with Gasteiger partial charge in [-0.2, -0.15) is 4.99 Å². The third-order valence-corrected chi connectivity index (χ3v) is 2.86. The van der Waals surface area contributed by atoms with Gasteiger partial charge >= 0.3 is 5.96 Å². The van der Waals surface area contributed by atoms with Crippen molar-refractivity contribution in [2.24, 2.45) is 17.2 Å². The van der Waals surface area contributed by atoms with Crippen molar-refractivity contribution >= 4 is 33.5 Å². The highest BCUT2D eigenvalue weighted by molar-refractivity contribution is 9.10. The smallest absolute Gasteiger partial charge is 0.345 e. The zero-order chi connectivity index (χ0) is 13.0. The molecule has 1 aromatic rings. The van der Waals surface area contributed by atoms with E-state index in [0.717, 1.165) is 10.2 Å². The molecule has 1 rings (SSSR count). The summed E-state index contributed by atoms with van der Waals surface area (Å²) >= 11 is 3.48. The summed E-state index contributed by atoms with van der Waals surface area (Å²) in [6.07, 6.45) is 0. The molecule has 5 nitrogen and oxygen atoms in total. The minimum atomic E-state index is 0.0462. The van der Waals surface area contributed by atoms with Gasteiger partial charge in [-0.15, -0.1) is 4.99 Å². The number of benzene rings is 1. The summed E-state index contributed by atoms with van der Waals surface area (Å²) in [7, 11) is 0. The second-order valence-electron chi connectivity index (χ2n) is 4.01. The fourth-order valence-electron chi connectivity index (χ4n) is 1.32. The second kappa shape index (κ2) is 5.67. The summed E-state index contributed by atoms with van der Waals surface area (Å²) in [5.74, 6) is 0.806. The van der Waals surface area contributed by atoms with Gasteiger partial charge in [0.1, 0.15) is 0 Å². The van der Waals surface area contributed by atoms with Gasteiger partial charge < -0.3 is 11.5 Å². The zero-order valence-electron chi connectivity index (χ0n) is 9.92. The van der Waals surface area contributed by atoms with E-state index in [4.69, 9.17) is 17.2 Å². The Morgan fingerprint density at radius 3 is 2.35 bits per heavy atom. The largest absolute Gasteiger partial charge is 0.522 e. The Morgan fingerprint density at radius 2 is 1.88 bits per heavy atom. The molecule has 0 spiro atoms. The van der Waals surface area contributed by atoms with Gasteiger partial charge in [0.2, 0.25) is 0 Å². The van der Waals surface area contributed by atoms with Crippen molar-refractivity contribution in [3.8, 4) is 0 Å². The third-order valence-electron chi connectivity index (χ3n) is 2.21. The van der Waals surface area contributed by atoms with Crippen molar-refractivity contribution < 1.29 is 9.98 Å². The lowest BCUT2D eigenvalue weighted by atomic mass is 10.0. The highest BCUT2D eigenvalue weighted by Crippen LogP contribution is 2.23. The molecule has 6 heteroatoms. The van der Waals surface area contributed by atoms with Crippen molar-refractivity contribution in [1.82, 2.24) is 0 Å². The van der Waals surface area contributed by atoms with Crippen LogP contribution < -0.4 is 27.2 Å². The van der Waals surface area contributed by atoms with E-state index >= 15 is 0 Å². The molecule has 8 N–H and O–H groups in total. The minimum Gasteiger partial charge on any atom is -0.345 e. The van der Waals surface area contributed by atoms with Crippen LogP contribution >= 0.6 is 15.9 Å². The van der Waals surface area contributed by atoms with Gasteiger partial charge in [0.15, 0.2) is 5.69 Å². The van der Waals surface area contributed by atoms with E-state index in [1.165, 1.54) is 5.56 Å². The van der Waals surface area contributed by atoms with Crippen molar-refractivity contribution in [2.45, 2.75) is 19.8 Å². The summed E-state index contributed by atoms with van der Waals surface area (Å²) in [6.45, 7) is 4.28. The normalized spacial score (nSPS) is 11.6. The van der Waals surface area contributed by atoms with Gasteiger partial charge in [0.25, 0.3) is 5.96 Å². The molecule has 0 aliphatic heterocycles. The average Bonchev–Trinajstić information content (AvgIpc) is 2.19. The predicted molar refractivity (Wildman–Crippen MR) is 72.4 cm³/mol. The van der Waals surface area contributed by atoms with E-state index in [9.17, 15) is 0 Å². The molecule has 0 atom stereocenters. The quantitative estimate of drug-likeness (QED) is 0.321. The van der Waals surface area contributed by atoms with Gasteiger partial charge in [-0.3, -0.25) is 0 Å². The lowest BCUT2D eigenvalue weighted by molar-refractivity contribution is -0.459. The Morgan fingerprint density at radius 1 is 1.24 bits per heavy atom. The van der Waals surface area contributed by atoms with Crippen LogP contribution in [0, 0.1) is 0 Å². The zero-order valence-corrected chi connectivity index (χ0v) is 11.5. The standard InChI is InChI=1S/C11H16BrN5/c1-6(2)7-3-4-9(8(12)5-7)16-11(15)17-10(13)14/h3-6H,1-2H3,(H6,13,14,15,16,17)/p+2. The molecule has 0 fully saturated rings. The molecule has 17 heavy (non-hydrogen) atoms. The van der Waals surface area contributed by atoms with E-state index in [0.29, 0.717) is 5.92 Å². The minimum absolute atomic E-state index is 0.0462. The fourth-order valence-corrected chi connectivity index (χ4v) is 1.82. The Labute approximate surface area is 109 Å². The molecule has 0 aliphatic carbocycles. The van der Waals surface area contributed by atoms with Gasteiger partial charge in [-0.1, -0.05) is 19.9 Å². The topological polar surface area (TPSA) is 106 Å². The number of nitrogens with two attached hydrogens (primary N) is 3. The van der Waals surface area contributed by atoms with E-state index in [-0.39, 0.29) is 11.9 Å². The molecule has 92 valence electrons. The number of halogens is 1. The van der Waals surface area contributed by atoms with Gasteiger partial charge in [-0.25, -0.2) is 5.73 Å². The number of nitrogens with one attached hydrogen (secondary N) is 2. The summed E-state index contributed by atoms with van der Waals surface area (Å²) < 4.78 is 0.934. The number of rotatable bonds is 2. The third kappa shape index (κ3) is 4.07. The second-order valence-corrected chi connectivity index (χ2v) is 4.87. The Kier molecular flexibility index (Phi) is 4.51. The monoisotopic (exact) mass is 299 g/mol. The maximum Gasteiger partial charge on any atom is 0.522 e. The summed E-state index contributed by atoms with van der Waals surface area (Å²) in [6, 6.07) is 6.04. The van der Waals surface area contributed by atoms with E-state index in [1.54, 1.807) is 0 Å². The molecule has 0 aliphatic rings. The first-order valence-corrected chi connectivity index (χ1v) is 6.03. The number of guanidine groups is 2. The Balaban J connectivity index is 3.05. The Bertz CT molecular complexity index is 461. The summed E-state index contributed by atoms with van der Waals surface area (Å²) in [5, 5.41) is 0. The molecule has 0 aromatic heterocycles. The molecule has 0 amide bonds. The van der Waals surface area contributed by atoms with Crippen molar-refractivity contribution in [3.05, 3.63) is 28.2 Å². The SMILES string of the molecule is CC(C)c1ccc([NH+]=C(N)[NH+]=C(N)N)c(Br)c1. The van der Waals surface area contributed by atoms with Crippen molar-refractivity contribution in [1.29, 1.82) is 0 Å². The number of hydrogen-bond donors (Lipinski definition) is 5. The lowest BCUT2D eigenvalue weighted by Gasteiger charge is -2.05. The van der Waals surface area contributed by atoms with E-state index in [1.807, 2.05) is 12.1 Å². The first-order chi connectivity index (χ1) is 7.90. The average molecular weight is 300 g/mol. The molecular formula is C11H18BrN5+2. The molecule has 0 unspecified atom stereocenters. The predicted octanol–water partition coefficient (Wildman–Crippen LogP) is -2.05. The van der Waals surface area contributed by atoms with Crippen molar-refractivity contribution in [2.75, 3.05) is 0 Å².